The van der Waals surface area contributed by atoms with E-state index in [1.165, 1.54) is 0 Å². The molecule has 1 atom stereocenters. The van der Waals surface area contributed by atoms with Crippen LogP contribution in [0.2, 0.25) is 0 Å². The normalized spacial score (nSPS) is 19.1. The van der Waals surface area contributed by atoms with Crippen LogP contribution in [0.5, 0.6) is 0 Å². The van der Waals surface area contributed by atoms with Crippen molar-refractivity contribution in [2.24, 2.45) is 0 Å². The van der Waals surface area contributed by atoms with Crippen LogP contribution in [0.1, 0.15) is 18.2 Å². The van der Waals surface area contributed by atoms with Crippen LogP contribution in [0.25, 0.3) is 16.9 Å². The molecule has 0 amide bonds. The second-order valence-electron chi connectivity index (χ2n) is 5.53. The van der Waals surface area contributed by atoms with Crippen LogP contribution in [0.15, 0.2) is 60.7 Å². The molecule has 0 N–H and O–H groups in total. The molecule has 1 aliphatic heterocycles. The lowest BCUT2D eigenvalue weighted by Crippen LogP contribution is -2.22. The largest absolute Gasteiger partial charge is 0.302 e. The Morgan fingerprint density at radius 1 is 1.05 bits per heavy atom. The quantitative estimate of drug-likeness (QED) is 0.672. The number of fused-ring (bicyclic) bond motifs is 3. The van der Waals surface area contributed by atoms with Crippen molar-refractivity contribution in [3.63, 3.8) is 0 Å². The first-order valence-electron chi connectivity index (χ1n) is 6.96. The fraction of sp³-hybridized carbons (Fsp3) is 0.111. The number of nitrogens with zero attached hydrogens (tertiary/aromatic N) is 2. The molecule has 1 aliphatic rings. The standard InChI is InChI=1S/C18H14N2O/c1-18(12-21)14-9-5-6-10-16(14)20-17(18)11-15(19-20)13-7-3-2-4-8-13/h2-12H,1H3. The van der Waals surface area contributed by atoms with Crippen molar-refractivity contribution in [1.82, 2.24) is 9.78 Å². The Balaban J connectivity index is 1.97. The lowest BCUT2D eigenvalue weighted by Gasteiger charge is -2.16. The fourth-order valence-electron chi connectivity index (χ4n) is 3.04. The van der Waals surface area contributed by atoms with Gasteiger partial charge in [0.2, 0.25) is 0 Å². The summed E-state index contributed by atoms with van der Waals surface area (Å²) in [5.41, 5.74) is 4.26. The van der Waals surface area contributed by atoms with Gasteiger partial charge in [-0.1, -0.05) is 48.5 Å². The molecule has 0 fully saturated rings. The zero-order valence-electron chi connectivity index (χ0n) is 11.7. The van der Waals surface area contributed by atoms with Crippen molar-refractivity contribution in [3.8, 4) is 16.9 Å². The van der Waals surface area contributed by atoms with E-state index in [1.54, 1.807) is 0 Å². The molecule has 21 heavy (non-hydrogen) atoms. The number of benzene rings is 2. The molecule has 102 valence electrons. The van der Waals surface area contributed by atoms with Gasteiger partial charge in [0.15, 0.2) is 0 Å². The van der Waals surface area contributed by atoms with E-state index in [0.717, 1.165) is 34.5 Å². The van der Waals surface area contributed by atoms with Gasteiger partial charge in [0, 0.05) is 5.56 Å². The van der Waals surface area contributed by atoms with Crippen molar-refractivity contribution < 1.29 is 4.79 Å². The smallest absolute Gasteiger partial charge is 0.136 e. The molecule has 0 saturated carbocycles. The second-order valence-corrected chi connectivity index (χ2v) is 5.53. The van der Waals surface area contributed by atoms with Gasteiger partial charge in [0.25, 0.3) is 0 Å². The number of para-hydroxylation sites is 1. The van der Waals surface area contributed by atoms with E-state index < -0.39 is 5.41 Å². The molecule has 0 aliphatic carbocycles. The Morgan fingerprint density at radius 2 is 1.76 bits per heavy atom. The van der Waals surface area contributed by atoms with E-state index in [2.05, 4.69) is 0 Å². The van der Waals surface area contributed by atoms with Gasteiger partial charge in [0.05, 0.1) is 22.5 Å². The van der Waals surface area contributed by atoms with E-state index in [1.807, 2.05) is 72.3 Å². The monoisotopic (exact) mass is 274 g/mol. The fourth-order valence-corrected chi connectivity index (χ4v) is 3.04. The molecular weight excluding hydrogens is 260 g/mol. The Bertz CT molecular complexity index is 835. The Hall–Kier alpha value is -2.68. The predicted octanol–water partition coefficient (Wildman–Crippen LogP) is 3.36. The summed E-state index contributed by atoms with van der Waals surface area (Å²) in [7, 11) is 0. The van der Waals surface area contributed by atoms with Gasteiger partial charge in [-0.3, -0.25) is 0 Å². The van der Waals surface area contributed by atoms with E-state index >= 15 is 0 Å². The molecule has 3 nitrogen and oxygen atoms in total. The molecule has 1 unspecified atom stereocenters. The molecule has 2 heterocycles. The first-order chi connectivity index (χ1) is 10.2. The zero-order valence-corrected chi connectivity index (χ0v) is 11.7. The molecule has 0 spiro atoms. The van der Waals surface area contributed by atoms with E-state index in [4.69, 9.17) is 5.10 Å². The van der Waals surface area contributed by atoms with Crippen molar-refractivity contribution in [2.45, 2.75) is 12.3 Å². The Kier molecular flexibility index (Phi) is 2.39. The average molecular weight is 274 g/mol. The molecule has 0 bridgehead atoms. The lowest BCUT2D eigenvalue weighted by molar-refractivity contribution is -0.110. The highest BCUT2D eigenvalue weighted by Gasteiger charge is 2.41. The summed E-state index contributed by atoms with van der Waals surface area (Å²) in [5, 5.41) is 4.70. The minimum Gasteiger partial charge on any atom is -0.302 e. The second kappa shape index (κ2) is 4.16. The minimum atomic E-state index is -0.628. The lowest BCUT2D eigenvalue weighted by atomic mass is 9.82. The molecular formula is C18H14N2O. The average Bonchev–Trinajstić information content (AvgIpc) is 3.08. The molecule has 3 aromatic rings. The number of hydrogen-bond donors (Lipinski definition) is 0. The third-order valence-corrected chi connectivity index (χ3v) is 4.24. The maximum atomic E-state index is 11.8. The van der Waals surface area contributed by atoms with Gasteiger partial charge in [-0.05, 0) is 24.6 Å². The Morgan fingerprint density at radius 3 is 2.52 bits per heavy atom. The summed E-state index contributed by atoms with van der Waals surface area (Å²) in [4.78, 5) is 11.8. The van der Waals surface area contributed by atoms with Crippen molar-refractivity contribution in [3.05, 3.63) is 71.9 Å². The van der Waals surface area contributed by atoms with Crippen molar-refractivity contribution >= 4 is 6.29 Å². The number of hydrogen-bond acceptors (Lipinski definition) is 2. The van der Waals surface area contributed by atoms with Crippen LogP contribution in [-0.2, 0) is 10.2 Å². The molecule has 3 heteroatoms. The first kappa shape index (κ1) is 12.1. The molecule has 0 radical (unpaired) electrons. The van der Waals surface area contributed by atoms with Crippen LogP contribution < -0.4 is 0 Å². The van der Waals surface area contributed by atoms with Gasteiger partial charge in [-0.25, -0.2) is 4.68 Å². The number of carbonyl (C=O) groups excluding carboxylic acids is 1. The number of aromatic nitrogens is 2. The van der Waals surface area contributed by atoms with Gasteiger partial charge in [0.1, 0.15) is 6.29 Å². The van der Waals surface area contributed by atoms with Crippen LogP contribution in [0.3, 0.4) is 0 Å². The Labute approximate surface area is 122 Å². The van der Waals surface area contributed by atoms with Crippen LogP contribution in [0, 0.1) is 0 Å². The highest BCUT2D eigenvalue weighted by atomic mass is 16.1. The minimum absolute atomic E-state index is 0.628. The summed E-state index contributed by atoms with van der Waals surface area (Å²) in [5.74, 6) is 0. The number of carbonyl (C=O) groups is 1. The molecule has 2 aromatic carbocycles. The predicted molar refractivity (Wildman–Crippen MR) is 81.5 cm³/mol. The topological polar surface area (TPSA) is 34.9 Å². The van der Waals surface area contributed by atoms with Crippen molar-refractivity contribution in [2.75, 3.05) is 0 Å². The first-order valence-corrected chi connectivity index (χ1v) is 6.96. The summed E-state index contributed by atoms with van der Waals surface area (Å²) >= 11 is 0. The van der Waals surface area contributed by atoms with Crippen LogP contribution in [0.4, 0.5) is 0 Å². The molecule has 0 saturated heterocycles. The maximum absolute atomic E-state index is 11.8. The van der Waals surface area contributed by atoms with E-state index in [9.17, 15) is 4.79 Å². The van der Waals surface area contributed by atoms with Crippen LogP contribution in [-0.4, -0.2) is 16.1 Å². The van der Waals surface area contributed by atoms with Gasteiger partial charge >= 0.3 is 0 Å². The van der Waals surface area contributed by atoms with E-state index in [0.29, 0.717) is 0 Å². The number of rotatable bonds is 2. The summed E-state index contributed by atoms with van der Waals surface area (Å²) in [6.07, 6.45) is 1.01. The summed E-state index contributed by atoms with van der Waals surface area (Å²) in [6.45, 7) is 1.95. The molecule has 1 aromatic heterocycles. The van der Waals surface area contributed by atoms with Crippen LogP contribution >= 0.6 is 0 Å². The summed E-state index contributed by atoms with van der Waals surface area (Å²) in [6, 6.07) is 20.0. The molecule has 4 rings (SSSR count). The third-order valence-electron chi connectivity index (χ3n) is 4.24. The maximum Gasteiger partial charge on any atom is 0.136 e. The number of aldehydes is 1. The SMILES string of the molecule is CC1(C=O)c2ccccc2-n2nc(-c3ccccc3)cc21. The highest BCUT2D eigenvalue weighted by molar-refractivity contribution is 5.80. The van der Waals surface area contributed by atoms with Crippen molar-refractivity contribution in [1.29, 1.82) is 0 Å². The van der Waals surface area contributed by atoms with Gasteiger partial charge in [-0.2, -0.15) is 5.10 Å². The van der Waals surface area contributed by atoms with E-state index in [-0.39, 0.29) is 0 Å². The third kappa shape index (κ3) is 1.54. The van der Waals surface area contributed by atoms with Gasteiger partial charge < -0.3 is 4.79 Å². The highest BCUT2D eigenvalue weighted by Crippen LogP contribution is 2.42. The zero-order chi connectivity index (χ0) is 14.4. The van der Waals surface area contributed by atoms with Gasteiger partial charge in [-0.15, -0.1) is 0 Å². The summed E-state index contributed by atoms with van der Waals surface area (Å²) < 4.78 is 1.89.